The van der Waals surface area contributed by atoms with E-state index < -0.39 is 13.7 Å². The van der Waals surface area contributed by atoms with Gasteiger partial charge in [-0.2, -0.15) is 10.4 Å². The van der Waals surface area contributed by atoms with E-state index in [-0.39, 0.29) is 32.1 Å². The number of anilines is 1. The number of hydrogen-bond acceptors (Lipinski definition) is 3. The maximum Gasteiger partial charge on any atom is 0.179 e. The van der Waals surface area contributed by atoms with E-state index in [0.29, 0.717) is 5.02 Å². The first kappa shape index (κ1) is 18.0. The molecule has 0 amide bonds. The molecular weight excluding hydrogens is 461 g/mol. The van der Waals surface area contributed by atoms with Crippen molar-refractivity contribution < 1.29 is 4.39 Å². The quantitative estimate of drug-likeness (QED) is 0.617. The number of nitriles is 1. The number of nitrogen functional groups attached to an aromatic ring is 1. The fraction of sp³-hybridized carbons (Fsp3) is 0.0909. The van der Waals surface area contributed by atoms with Crippen LogP contribution in [0.2, 0.25) is 15.1 Å². The Balaban J connectivity index is 2.78. The molecule has 0 spiro atoms. The molecule has 2 N–H and O–H groups in total. The summed E-state index contributed by atoms with van der Waals surface area (Å²) < 4.78 is 14.3. The molecule has 11 heteroatoms. The number of aromatic nitrogens is 2. The molecule has 0 bridgehead atoms. The Hall–Kier alpha value is -0.360. The minimum absolute atomic E-state index is 0.0257. The molecule has 1 aromatic heterocycles. The Kier molecular flexibility index (Phi) is 5.42. The van der Waals surface area contributed by atoms with Crippen molar-refractivity contribution in [2.75, 3.05) is 11.7 Å². The molecule has 0 aliphatic heterocycles. The Labute approximate surface area is 153 Å². The summed E-state index contributed by atoms with van der Waals surface area (Å²) in [6, 6.07) is 3.79. The van der Waals surface area contributed by atoms with Gasteiger partial charge in [0.25, 0.3) is 0 Å². The fourth-order valence-electron chi connectivity index (χ4n) is 1.75. The number of hydrogen-bond donors (Lipinski definition) is 1. The topological polar surface area (TPSA) is 67.6 Å². The first-order valence-corrected chi connectivity index (χ1v) is 11.0. The van der Waals surface area contributed by atoms with Crippen molar-refractivity contribution in [3.05, 3.63) is 32.9 Å². The third kappa shape index (κ3) is 3.14. The van der Waals surface area contributed by atoms with Crippen molar-refractivity contribution in [3.63, 3.8) is 0 Å². The molecule has 1 unspecified atom stereocenters. The summed E-state index contributed by atoms with van der Waals surface area (Å²) in [6.45, 7) is 0. The van der Waals surface area contributed by atoms with E-state index in [9.17, 15) is 9.65 Å². The van der Waals surface area contributed by atoms with Gasteiger partial charge in [0.1, 0.15) is 23.6 Å². The predicted octanol–water partition coefficient (Wildman–Crippen LogP) is 5.84. The number of rotatable bonds is 3. The van der Waals surface area contributed by atoms with Crippen LogP contribution in [0.3, 0.4) is 0 Å². The van der Waals surface area contributed by atoms with Crippen molar-refractivity contribution in [3.8, 4) is 11.8 Å². The van der Waals surface area contributed by atoms with Crippen LogP contribution in [0.25, 0.3) is 5.69 Å². The van der Waals surface area contributed by atoms with Crippen LogP contribution in [-0.2, 0) is 0 Å². The van der Waals surface area contributed by atoms with Gasteiger partial charge in [0.05, 0.1) is 14.9 Å². The van der Waals surface area contributed by atoms with Gasteiger partial charge in [0.15, 0.2) is 5.69 Å². The lowest BCUT2D eigenvalue weighted by atomic mass is 10.3. The predicted molar refractivity (Wildman–Crippen MR) is 94.3 cm³/mol. The smallest absolute Gasteiger partial charge is 0.179 e. The third-order valence-electron chi connectivity index (χ3n) is 2.61. The molecule has 0 saturated carbocycles. The molecule has 1 atom stereocenters. The van der Waals surface area contributed by atoms with Crippen LogP contribution in [0, 0.1) is 11.3 Å². The van der Waals surface area contributed by atoms with Gasteiger partial charge in [-0.1, -0.05) is 34.8 Å². The molecule has 0 radical (unpaired) electrons. The molecule has 0 saturated heterocycles. The zero-order valence-corrected chi connectivity index (χ0v) is 15.9. The van der Waals surface area contributed by atoms with Crippen molar-refractivity contribution >= 4 is 73.8 Å². The zero-order valence-electron chi connectivity index (χ0n) is 10.5. The van der Waals surface area contributed by atoms with E-state index in [0.717, 1.165) is 4.68 Å². The molecular formula is C11H6BrCl4FN4S. The van der Waals surface area contributed by atoms with Crippen molar-refractivity contribution in [2.45, 2.75) is 4.90 Å². The van der Waals surface area contributed by atoms with Gasteiger partial charge in [-0.3, -0.25) is 0 Å². The van der Waals surface area contributed by atoms with E-state index in [1.807, 2.05) is 6.07 Å². The SMILES string of the molecule is N#Cc1nn(-c2c(Cl)cc(Cl)cc2Cl)c(N)c1S(Cl)(Br)CF. The lowest BCUT2D eigenvalue weighted by molar-refractivity contribution is 0.604. The maximum atomic E-state index is 13.2. The number of alkyl halides is 1. The highest BCUT2D eigenvalue weighted by Gasteiger charge is 2.32. The largest absolute Gasteiger partial charge is 0.383 e. The standard InChI is InChI=1S/C11H6BrCl4FN4S/c12-22(16,4-17)10-8(3-18)20-21(11(10)19)9-6(14)1-5(13)2-7(9)15/h1-2H,4,19H2. The van der Waals surface area contributed by atoms with Crippen LogP contribution >= 0.6 is 68.0 Å². The summed E-state index contributed by atoms with van der Waals surface area (Å²) in [4.78, 5) is 0.0845. The lowest BCUT2D eigenvalue weighted by Crippen LogP contribution is -2.04. The molecule has 2 aromatic rings. The van der Waals surface area contributed by atoms with Gasteiger partial charge in [-0.15, -0.1) is 0 Å². The third-order valence-corrected chi connectivity index (χ3v) is 6.88. The normalized spacial score (nSPS) is 15.1. The van der Waals surface area contributed by atoms with Gasteiger partial charge in [0, 0.05) is 5.02 Å². The molecule has 0 fully saturated rings. The summed E-state index contributed by atoms with van der Waals surface area (Å²) in [6.07, 6.45) is 0. The highest BCUT2D eigenvalue weighted by Crippen LogP contribution is 2.69. The lowest BCUT2D eigenvalue weighted by Gasteiger charge is -2.20. The summed E-state index contributed by atoms with van der Waals surface area (Å²) in [5.74, 6) is -0.0257. The average Bonchev–Trinajstić information content (AvgIpc) is 2.75. The summed E-state index contributed by atoms with van der Waals surface area (Å²) in [7, 11) is 3.48. The monoisotopic (exact) mass is 464 g/mol. The molecule has 0 aliphatic rings. The fourth-order valence-corrected chi connectivity index (χ4v) is 5.01. The van der Waals surface area contributed by atoms with Crippen LogP contribution in [0.5, 0.6) is 0 Å². The van der Waals surface area contributed by atoms with E-state index in [2.05, 4.69) is 19.9 Å². The Morgan fingerprint density at radius 3 is 2.36 bits per heavy atom. The molecule has 2 rings (SSSR count). The zero-order chi connectivity index (χ0) is 16.7. The van der Waals surface area contributed by atoms with Gasteiger partial charge >= 0.3 is 0 Å². The summed E-state index contributed by atoms with van der Waals surface area (Å²) in [5.41, 5.74) is 6.10. The summed E-state index contributed by atoms with van der Waals surface area (Å²) >= 11 is 21.1. The maximum absolute atomic E-state index is 13.2. The molecule has 1 aromatic carbocycles. The second kappa shape index (κ2) is 6.63. The number of nitrogens with two attached hydrogens (primary N) is 1. The van der Waals surface area contributed by atoms with Gasteiger partial charge in [-0.25, -0.2) is 9.07 Å². The average molecular weight is 467 g/mol. The van der Waals surface area contributed by atoms with Crippen LogP contribution in [-0.4, -0.2) is 15.8 Å². The van der Waals surface area contributed by atoms with Crippen molar-refractivity contribution in [2.24, 2.45) is 0 Å². The molecule has 1 heterocycles. The van der Waals surface area contributed by atoms with Crippen molar-refractivity contribution in [1.29, 1.82) is 5.26 Å². The van der Waals surface area contributed by atoms with Crippen molar-refractivity contribution in [1.82, 2.24) is 9.78 Å². The van der Waals surface area contributed by atoms with E-state index in [4.69, 9.17) is 51.2 Å². The van der Waals surface area contributed by atoms with E-state index >= 15 is 0 Å². The minimum atomic E-state index is -2.62. The highest BCUT2D eigenvalue weighted by atomic mass is 79.9. The number of benzene rings is 1. The van der Waals surface area contributed by atoms with Gasteiger partial charge in [0.2, 0.25) is 0 Å². The Morgan fingerprint density at radius 1 is 1.36 bits per heavy atom. The Bertz CT molecular complexity index is 766. The molecule has 0 aliphatic carbocycles. The van der Waals surface area contributed by atoms with Crippen LogP contribution in [0.1, 0.15) is 5.69 Å². The number of nitrogens with zero attached hydrogens (tertiary/aromatic N) is 3. The van der Waals surface area contributed by atoms with Crippen LogP contribution < -0.4 is 5.73 Å². The Morgan fingerprint density at radius 2 is 1.91 bits per heavy atom. The first-order valence-electron chi connectivity index (χ1n) is 5.42. The second-order valence-electron chi connectivity index (χ2n) is 3.99. The second-order valence-corrected chi connectivity index (χ2v) is 13.0. The first-order chi connectivity index (χ1) is 10.2. The molecule has 4 nitrogen and oxygen atoms in total. The molecule has 22 heavy (non-hydrogen) atoms. The van der Waals surface area contributed by atoms with E-state index in [1.165, 1.54) is 12.1 Å². The molecule has 118 valence electrons. The summed E-state index contributed by atoms with van der Waals surface area (Å²) in [5, 5.41) is 13.9. The van der Waals surface area contributed by atoms with Crippen LogP contribution in [0.15, 0.2) is 17.0 Å². The van der Waals surface area contributed by atoms with Crippen LogP contribution in [0.4, 0.5) is 10.2 Å². The van der Waals surface area contributed by atoms with Gasteiger partial charge in [-0.05, 0) is 45.3 Å². The van der Waals surface area contributed by atoms with Gasteiger partial charge < -0.3 is 5.73 Å². The van der Waals surface area contributed by atoms with E-state index in [1.54, 1.807) is 0 Å². The number of halogens is 6. The highest BCUT2D eigenvalue weighted by molar-refractivity contribution is 9.61. The minimum Gasteiger partial charge on any atom is -0.383 e.